The topological polar surface area (TPSA) is 32.5 Å². The van der Waals surface area contributed by atoms with Gasteiger partial charge in [0.25, 0.3) is 0 Å². The van der Waals surface area contributed by atoms with Crippen LogP contribution in [0.2, 0.25) is 0 Å². The zero-order valence-corrected chi connectivity index (χ0v) is 16.0. The number of hydrogen-bond acceptors (Lipinski definition) is 4. The summed E-state index contributed by atoms with van der Waals surface area (Å²) in [6, 6.07) is 14.0. The van der Waals surface area contributed by atoms with E-state index >= 15 is 0 Å². The largest absolute Gasteiger partial charge is 0.441 e. The van der Waals surface area contributed by atoms with Gasteiger partial charge in [-0.25, -0.2) is 13.8 Å². The lowest BCUT2D eigenvalue weighted by Gasteiger charge is -2.40. The molecule has 0 N–H and O–H groups in total. The highest BCUT2D eigenvalue weighted by Crippen LogP contribution is 2.27. The molecule has 3 aromatic rings. The van der Waals surface area contributed by atoms with Gasteiger partial charge in [0, 0.05) is 37.9 Å². The van der Waals surface area contributed by atoms with Crippen LogP contribution in [0.4, 0.5) is 14.5 Å². The molecule has 28 heavy (non-hydrogen) atoms. The fourth-order valence-corrected chi connectivity index (χ4v) is 3.65. The molecule has 2 heterocycles. The zero-order chi connectivity index (χ0) is 19.7. The van der Waals surface area contributed by atoms with E-state index in [0.717, 1.165) is 43.5 Å². The van der Waals surface area contributed by atoms with Gasteiger partial charge < -0.3 is 9.32 Å². The third-order valence-corrected chi connectivity index (χ3v) is 5.29. The molecule has 146 valence electrons. The fraction of sp³-hybridized carbons (Fsp3) is 0.318. The summed E-state index contributed by atoms with van der Waals surface area (Å²) in [5.74, 6) is -0.296. The van der Waals surface area contributed by atoms with Gasteiger partial charge in [-0.05, 0) is 44.2 Å². The summed E-state index contributed by atoms with van der Waals surface area (Å²) in [6.45, 7) is 7.37. The van der Waals surface area contributed by atoms with Crippen molar-refractivity contribution in [2.24, 2.45) is 0 Å². The summed E-state index contributed by atoms with van der Waals surface area (Å²) in [4.78, 5) is 9.18. The van der Waals surface area contributed by atoms with E-state index in [9.17, 15) is 8.78 Å². The van der Waals surface area contributed by atoms with Gasteiger partial charge in [0.15, 0.2) is 0 Å². The second-order valence-electron chi connectivity index (χ2n) is 7.25. The summed E-state index contributed by atoms with van der Waals surface area (Å²) >= 11 is 0. The average Bonchev–Trinajstić information content (AvgIpc) is 3.06. The first kappa shape index (κ1) is 18.6. The van der Waals surface area contributed by atoms with Gasteiger partial charge in [-0.15, -0.1) is 0 Å². The third-order valence-electron chi connectivity index (χ3n) is 5.29. The van der Waals surface area contributed by atoms with Gasteiger partial charge in [-0.1, -0.05) is 18.2 Å². The van der Waals surface area contributed by atoms with Crippen LogP contribution < -0.4 is 4.90 Å². The van der Waals surface area contributed by atoms with Gasteiger partial charge in [-0.2, -0.15) is 0 Å². The number of halogens is 2. The number of para-hydroxylation sites is 1. The van der Waals surface area contributed by atoms with Crippen LogP contribution >= 0.6 is 0 Å². The summed E-state index contributed by atoms with van der Waals surface area (Å²) in [5, 5.41) is 0. The lowest BCUT2D eigenvalue weighted by Crippen LogP contribution is -2.51. The molecule has 0 saturated carbocycles. The van der Waals surface area contributed by atoms with Crippen LogP contribution in [0, 0.1) is 18.6 Å². The van der Waals surface area contributed by atoms with Crippen molar-refractivity contribution in [1.29, 1.82) is 0 Å². The van der Waals surface area contributed by atoms with Crippen LogP contribution in [-0.2, 0) is 6.54 Å². The predicted molar refractivity (Wildman–Crippen MR) is 105 cm³/mol. The highest BCUT2D eigenvalue weighted by atomic mass is 19.1. The number of benzene rings is 2. The summed E-state index contributed by atoms with van der Waals surface area (Å²) in [5.41, 5.74) is 2.05. The van der Waals surface area contributed by atoms with E-state index in [1.807, 2.05) is 13.0 Å². The maximum Gasteiger partial charge on any atom is 0.229 e. The summed E-state index contributed by atoms with van der Waals surface area (Å²) in [6.07, 6.45) is 0. The minimum atomic E-state index is -0.543. The number of aryl methyl sites for hydroxylation is 1. The fourth-order valence-electron chi connectivity index (χ4n) is 3.65. The molecule has 4 rings (SSSR count). The van der Waals surface area contributed by atoms with Crippen molar-refractivity contribution in [3.63, 3.8) is 0 Å². The Balaban J connectivity index is 1.48. The monoisotopic (exact) mass is 383 g/mol. The highest BCUT2D eigenvalue weighted by molar-refractivity contribution is 5.54. The van der Waals surface area contributed by atoms with E-state index in [2.05, 4.69) is 46.0 Å². The quantitative estimate of drug-likeness (QED) is 0.657. The van der Waals surface area contributed by atoms with Gasteiger partial charge in [-0.3, -0.25) is 4.90 Å². The zero-order valence-electron chi connectivity index (χ0n) is 16.0. The number of aromatic nitrogens is 1. The Morgan fingerprint density at radius 2 is 1.89 bits per heavy atom. The molecule has 0 aliphatic carbocycles. The van der Waals surface area contributed by atoms with Crippen LogP contribution in [0.15, 0.2) is 52.9 Å². The number of nitrogens with zero attached hydrogens (tertiary/aromatic N) is 3. The molecule has 2 aromatic carbocycles. The Morgan fingerprint density at radius 1 is 1.11 bits per heavy atom. The van der Waals surface area contributed by atoms with Crippen molar-refractivity contribution < 1.29 is 13.2 Å². The van der Waals surface area contributed by atoms with Crippen molar-refractivity contribution in [2.75, 3.05) is 24.5 Å². The van der Waals surface area contributed by atoms with Crippen molar-refractivity contribution >= 4 is 5.69 Å². The van der Waals surface area contributed by atoms with Gasteiger partial charge >= 0.3 is 0 Å². The molecular weight excluding hydrogens is 360 g/mol. The number of oxazole rings is 1. The Labute approximate surface area is 163 Å². The Kier molecular flexibility index (Phi) is 5.13. The summed E-state index contributed by atoms with van der Waals surface area (Å²) in [7, 11) is 0. The van der Waals surface area contributed by atoms with E-state index in [1.54, 1.807) is 0 Å². The number of anilines is 1. The molecule has 1 fully saturated rings. The molecule has 1 atom stereocenters. The minimum Gasteiger partial charge on any atom is -0.441 e. The normalized spacial score (nSPS) is 17.9. The van der Waals surface area contributed by atoms with Gasteiger partial charge in [0.1, 0.15) is 17.4 Å². The third kappa shape index (κ3) is 3.78. The molecule has 0 amide bonds. The second kappa shape index (κ2) is 7.72. The van der Waals surface area contributed by atoms with Crippen molar-refractivity contribution in [2.45, 2.75) is 26.4 Å². The minimum absolute atomic E-state index is 0.0521. The van der Waals surface area contributed by atoms with Crippen LogP contribution in [0.1, 0.15) is 18.4 Å². The SMILES string of the molecule is Cc1oc(-c2cc(F)ccc2F)nc1CN1CCN(c2ccccc2)C[C@H]1C. The van der Waals surface area contributed by atoms with Crippen LogP contribution in [0.3, 0.4) is 0 Å². The van der Waals surface area contributed by atoms with Crippen molar-refractivity contribution in [1.82, 2.24) is 9.88 Å². The lowest BCUT2D eigenvalue weighted by molar-refractivity contribution is 0.178. The standard InChI is InChI=1S/C22H23F2N3O/c1-15-13-27(18-6-4-3-5-7-18)11-10-26(15)14-21-16(2)28-22(25-21)19-12-17(23)8-9-20(19)24/h3-9,12,15H,10-11,13-14H2,1-2H3/t15-/m1/s1. The first-order valence-corrected chi connectivity index (χ1v) is 9.47. The van der Waals surface area contributed by atoms with Gasteiger partial charge in [0.05, 0.1) is 11.3 Å². The van der Waals surface area contributed by atoms with E-state index in [-0.39, 0.29) is 11.5 Å². The van der Waals surface area contributed by atoms with Crippen LogP contribution in [0.5, 0.6) is 0 Å². The molecule has 1 aliphatic heterocycles. The van der Waals surface area contributed by atoms with E-state index in [1.165, 1.54) is 5.69 Å². The predicted octanol–water partition coefficient (Wildman–Crippen LogP) is 4.64. The molecule has 0 unspecified atom stereocenters. The lowest BCUT2D eigenvalue weighted by atomic mass is 10.1. The van der Waals surface area contributed by atoms with Crippen LogP contribution in [0.25, 0.3) is 11.5 Å². The molecule has 6 heteroatoms. The number of hydrogen-bond donors (Lipinski definition) is 0. The summed E-state index contributed by atoms with van der Waals surface area (Å²) < 4.78 is 33.2. The number of rotatable bonds is 4. The second-order valence-corrected chi connectivity index (χ2v) is 7.25. The smallest absolute Gasteiger partial charge is 0.229 e. The Hall–Kier alpha value is -2.73. The first-order valence-electron chi connectivity index (χ1n) is 9.47. The average molecular weight is 383 g/mol. The van der Waals surface area contributed by atoms with E-state index in [4.69, 9.17) is 4.42 Å². The maximum atomic E-state index is 14.0. The Morgan fingerprint density at radius 3 is 2.64 bits per heavy atom. The molecule has 1 saturated heterocycles. The molecule has 4 nitrogen and oxygen atoms in total. The van der Waals surface area contributed by atoms with Crippen molar-refractivity contribution in [3.8, 4) is 11.5 Å². The molecule has 0 bridgehead atoms. The van der Waals surface area contributed by atoms with Gasteiger partial charge in [0.2, 0.25) is 5.89 Å². The molecule has 0 radical (unpaired) electrons. The molecule has 1 aliphatic rings. The maximum absolute atomic E-state index is 14.0. The van der Waals surface area contributed by atoms with Crippen LogP contribution in [-0.4, -0.2) is 35.6 Å². The van der Waals surface area contributed by atoms with E-state index in [0.29, 0.717) is 18.3 Å². The van der Waals surface area contributed by atoms with Crippen molar-refractivity contribution in [3.05, 3.63) is 71.6 Å². The number of piperazine rings is 1. The molecule has 1 aromatic heterocycles. The Bertz CT molecular complexity index is 958. The first-order chi connectivity index (χ1) is 13.5. The highest BCUT2D eigenvalue weighted by Gasteiger charge is 2.26. The van der Waals surface area contributed by atoms with E-state index < -0.39 is 11.6 Å². The molecule has 0 spiro atoms. The molecular formula is C22H23F2N3O.